The minimum Gasteiger partial charge on any atom is -0.379 e. The molecule has 1 N–H and O–H groups in total. The van der Waals surface area contributed by atoms with E-state index in [0.717, 1.165) is 12.8 Å². The first-order valence-corrected chi connectivity index (χ1v) is 9.44. The third-order valence-electron chi connectivity index (χ3n) is 3.58. The number of morpholine rings is 1. The number of halogens is 1. The maximum Gasteiger partial charge on any atom is 0.243 e. The van der Waals surface area contributed by atoms with Crippen LogP contribution in [0.1, 0.15) is 26.2 Å². The van der Waals surface area contributed by atoms with Gasteiger partial charge in [0.25, 0.3) is 0 Å². The number of ether oxygens (including phenoxy) is 1. The quantitative estimate of drug-likeness (QED) is 0.845. The Morgan fingerprint density at radius 2 is 2.04 bits per heavy atom. The SMILES string of the molecule is CCCCC(=O)Nc1cc(S(=O)(=O)N2CCOCC2)ccc1Cl. The van der Waals surface area contributed by atoms with Crippen LogP contribution in [0.15, 0.2) is 23.1 Å². The maximum atomic E-state index is 12.6. The molecule has 2 rings (SSSR count). The molecule has 1 heterocycles. The van der Waals surface area contributed by atoms with Gasteiger partial charge in [-0.25, -0.2) is 8.42 Å². The summed E-state index contributed by atoms with van der Waals surface area (Å²) in [5.41, 5.74) is 0.321. The van der Waals surface area contributed by atoms with Crippen LogP contribution in [0, 0.1) is 0 Å². The van der Waals surface area contributed by atoms with Crippen LogP contribution in [0.2, 0.25) is 5.02 Å². The van der Waals surface area contributed by atoms with Crippen LogP contribution in [-0.2, 0) is 19.6 Å². The third-order valence-corrected chi connectivity index (χ3v) is 5.80. The molecule has 1 aliphatic rings. The number of carbonyl (C=O) groups is 1. The Hall–Kier alpha value is -1.15. The highest BCUT2D eigenvalue weighted by Gasteiger charge is 2.27. The van der Waals surface area contributed by atoms with E-state index in [2.05, 4.69) is 5.32 Å². The number of benzene rings is 1. The van der Waals surface area contributed by atoms with Gasteiger partial charge in [0.1, 0.15) is 0 Å². The molecule has 0 unspecified atom stereocenters. The molecule has 0 bridgehead atoms. The smallest absolute Gasteiger partial charge is 0.243 e. The second kappa shape index (κ2) is 8.10. The molecule has 1 aliphatic heterocycles. The zero-order valence-electron chi connectivity index (χ0n) is 13.0. The van der Waals surface area contributed by atoms with Crippen molar-refractivity contribution < 1.29 is 17.9 Å². The van der Waals surface area contributed by atoms with Gasteiger partial charge in [-0.2, -0.15) is 4.31 Å². The van der Waals surface area contributed by atoms with E-state index in [1.807, 2.05) is 6.92 Å². The van der Waals surface area contributed by atoms with E-state index >= 15 is 0 Å². The Labute approximate surface area is 141 Å². The average Bonchev–Trinajstić information content (AvgIpc) is 2.55. The highest BCUT2D eigenvalue weighted by molar-refractivity contribution is 7.89. The lowest BCUT2D eigenvalue weighted by Crippen LogP contribution is -2.40. The maximum absolute atomic E-state index is 12.6. The van der Waals surface area contributed by atoms with Crippen molar-refractivity contribution in [3.63, 3.8) is 0 Å². The molecule has 1 aromatic carbocycles. The summed E-state index contributed by atoms with van der Waals surface area (Å²) in [7, 11) is -3.61. The molecule has 23 heavy (non-hydrogen) atoms. The minimum atomic E-state index is -3.61. The van der Waals surface area contributed by atoms with Crippen LogP contribution in [0.4, 0.5) is 5.69 Å². The van der Waals surface area contributed by atoms with Crippen LogP contribution < -0.4 is 5.32 Å². The van der Waals surface area contributed by atoms with E-state index in [1.165, 1.54) is 22.5 Å². The number of nitrogens with one attached hydrogen (secondary N) is 1. The molecule has 0 saturated carbocycles. The second-order valence-corrected chi connectivity index (χ2v) is 7.65. The summed E-state index contributed by atoms with van der Waals surface area (Å²) in [4.78, 5) is 12.0. The van der Waals surface area contributed by atoms with E-state index in [1.54, 1.807) is 0 Å². The number of hydrogen-bond donors (Lipinski definition) is 1. The Kier molecular flexibility index (Phi) is 6.41. The molecule has 1 amide bonds. The number of hydrogen-bond acceptors (Lipinski definition) is 4. The summed E-state index contributed by atoms with van der Waals surface area (Å²) < 4.78 is 31.8. The summed E-state index contributed by atoms with van der Waals surface area (Å²) >= 11 is 6.07. The van der Waals surface area contributed by atoms with E-state index in [9.17, 15) is 13.2 Å². The molecule has 1 saturated heterocycles. The first-order valence-electron chi connectivity index (χ1n) is 7.62. The topological polar surface area (TPSA) is 75.7 Å². The van der Waals surface area contributed by atoms with Crippen LogP contribution >= 0.6 is 11.6 Å². The molecule has 8 heteroatoms. The Morgan fingerprint density at radius 3 is 2.70 bits per heavy atom. The van der Waals surface area contributed by atoms with Crippen molar-refractivity contribution in [1.29, 1.82) is 0 Å². The van der Waals surface area contributed by atoms with Crippen LogP contribution in [0.5, 0.6) is 0 Å². The van der Waals surface area contributed by atoms with Gasteiger partial charge < -0.3 is 10.1 Å². The van der Waals surface area contributed by atoms with E-state index < -0.39 is 10.0 Å². The van der Waals surface area contributed by atoms with Gasteiger partial charge >= 0.3 is 0 Å². The first kappa shape index (κ1) is 18.2. The summed E-state index contributed by atoms with van der Waals surface area (Å²) in [6.07, 6.45) is 2.06. The predicted molar refractivity (Wildman–Crippen MR) is 89.2 cm³/mol. The highest BCUT2D eigenvalue weighted by Crippen LogP contribution is 2.27. The minimum absolute atomic E-state index is 0.120. The lowest BCUT2D eigenvalue weighted by atomic mass is 10.2. The molecule has 0 aromatic heterocycles. The fourth-order valence-corrected chi connectivity index (χ4v) is 3.85. The van der Waals surface area contributed by atoms with Crippen LogP contribution in [0.3, 0.4) is 0 Å². The molecule has 0 atom stereocenters. The number of nitrogens with zero attached hydrogens (tertiary/aromatic N) is 1. The van der Waals surface area contributed by atoms with Gasteiger partial charge in [-0.3, -0.25) is 4.79 Å². The lowest BCUT2D eigenvalue weighted by Gasteiger charge is -2.26. The fraction of sp³-hybridized carbons (Fsp3) is 0.533. The van der Waals surface area contributed by atoms with Crippen molar-refractivity contribution >= 4 is 33.2 Å². The summed E-state index contributed by atoms with van der Waals surface area (Å²) in [5.74, 6) is -0.172. The van der Waals surface area contributed by atoms with Gasteiger partial charge in [0, 0.05) is 19.5 Å². The third kappa shape index (κ3) is 4.67. The van der Waals surface area contributed by atoms with Gasteiger partial charge in [0.2, 0.25) is 15.9 Å². The number of anilines is 1. The van der Waals surface area contributed by atoms with E-state index in [-0.39, 0.29) is 10.8 Å². The number of unbranched alkanes of at least 4 members (excludes halogenated alkanes) is 1. The average molecular weight is 361 g/mol. The normalized spacial score (nSPS) is 16.3. The Morgan fingerprint density at radius 1 is 1.35 bits per heavy atom. The first-order chi connectivity index (χ1) is 10.9. The number of carbonyl (C=O) groups excluding carboxylic acids is 1. The molecule has 1 fully saturated rings. The molecular weight excluding hydrogens is 340 g/mol. The molecule has 128 valence electrons. The van der Waals surface area contributed by atoms with Gasteiger partial charge in [0.05, 0.1) is 28.8 Å². The van der Waals surface area contributed by atoms with Gasteiger partial charge in [-0.1, -0.05) is 24.9 Å². The molecule has 0 radical (unpaired) electrons. The van der Waals surface area contributed by atoms with Gasteiger partial charge in [-0.15, -0.1) is 0 Å². The summed E-state index contributed by atoms with van der Waals surface area (Å²) in [6.45, 7) is 3.41. The van der Waals surface area contributed by atoms with E-state index in [0.29, 0.717) is 43.4 Å². The van der Waals surface area contributed by atoms with Crippen molar-refractivity contribution in [2.24, 2.45) is 0 Å². The fourth-order valence-electron chi connectivity index (χ4n) is 2.25. The zero-order chi connectivity index (χ0) is 16.9. The number of sulfonamides is 1. The van der Waals surface area contributed by atoms with Crippen LogP contribution in [-0.4, -0.2) is 44.9 Å². The molecule has 0 spiro atoms. The molecule has 0 aliphatic carbocycles. The van der Waals surface area contributed by atoms with Crippen molar-refractivity contribution in [2.75, 3.05) is 31.6 Å². The molecule has 6 nitrogen and oxygen atoms in total. The van der Waals surface area contributed by atoms with Crippen molar-refractivity contribution in [2.45, 2.75) is 31.1 Å². The zero-order valence-corrected chi connectivity index (χ0v) is 14.6. The van der Waals surface area contributed by atoms with Crippen molar-refractivity contribution in [1.82, 2.24) is 4.31 Å². The summed E-state index contributed by atoms with van der Waals surface area (Å²) in [5, 5.41) is 3.00. The standard InChI is InChI=1S/C15H21ClN2O4S/c1-2-3-4-15(19)17-14-11-12(5-6-13(14)16)23(20,21)18-7-9-22-10-8-18/h5-6,11H,2-4,7-10H2,1H3,(H,17,19). The molecule has 1 aromatic rings. The van der Waals surface area contributed by atoms with Gasteiger partial charge in [0.15, 0.2) is 0 Å². The predicted octanol–water partition coefficient (Wildman–Crippen LogP) is 2.49. The number of amides is 1. The monoisotopic (exact) mass is 360 g/mol. The van der Waals surface area contributed by atoms with E-state index in [4.69, 9.17) is 16.3 Å². The lowest BCUT2D eigenvalue weighted by molar-refractivity contribution is -0.116. The Bertz CT molecular complexity index is 657. The van der Waals surface area contributed by atoms with Crippen molar-refractivity contribution in [3.8, 4) is 0 Å². The van der Waals surface area contributed by atoms with Crippen molar-refractivity contribution in [3.05, 3.63) is 23.2 Å². The molecular formula is C15H21ClN2O4S. The number of rotatable bonds is 6. The Balaban J connectivity index is 2.20. The largest absolute Gasteiger partial charge is 0.379 e. The summed E-state index contributed by atoms with van der Waals surface area (Å²) in [6, 6.07) is 4.36. The van der Waals surface area contributed by atoms with Crippen LogP contribution in [0.25, 0.3) is 0 Å². The van der Waals surface area contributed by atoms with Gasteiger partial charge in [-0.05, 0) is 24.6 Å². The second-order valence-electron chi connectivity index (χ2n) is 5.31. The highest BCUT2D eigenvalue weighted by atomic mass is 35.5.